The maximum Gasteiger partial charge on any atom is 0.303 e. The number of fused-ring (bicyclic) bond motifs is 1. The molecule has 0 spiro atoms. The lowest BCUT2D eigenvalue weighted by Gasteiger charge is -2.06. The maximum atomic E-state index is 11.0. The van der Waals surface area contributed by atoms with Crippen molar-refractivity contribution in [1.82, 2.24) is 4.98 Å². The summed E-state index contributed by atoms with van der Waals surface area (Å²) in [4.78, 5) is 15.7. The van der Waals surface area contributed by atoms with Crippen molar-refractivity contribution in [3.63, 3.8) is 0 Å². The Morgan fingerprint density at radius 2 is 1.92 bits per heavy atom. The largest absolute Gasteiger partial charge is 0.494 e. The molecule has 3 rings (SSSR count). The zero-order valence-corrected chi connectivity index (χ0v) is 15.5. The van der Waals surface area contributed by atoms with E-state index in [0.717, 1.165) is 38.5 Å². The van der Waals surface area contributed by atoms with Crippen LogP contribution in [-0.4, -0.2) is 22.7 Å². The first-order valence-corrected chi connectivity index (χ1v) is 9.48. The molecule has 0 fully saturated rings. The number of thiazole rings is 1. The molecule has 0 aliphatic heterocycles. The van der Waals surface area contributed by atoms with Crippen LogP contribution in [0.15, 0.2) is 48.5 Å². The highest BCUT2D eigenvalue weighted by atomic mass is 32.1. The van der Waals surface area contributed by atoms with Crippen molar-refractivity contribution in [3.05, 3.63) is 59.1 Å². The second-order valence-electron chi connectivity index (χ2n) is 5.97. The molecule has 5 heteroatoms. The van der Waals surface area contributed by atoms with Crippen LogP contribution >= 0.6 is 11.3 Å². The average molecular weight is 367 g/mol. The van der Waals surface area contributed by atoms with Crippen LogP contribution in [0.1, 0.15) is 36.8 Å². The van der Waals surface area contributed by atoms with Gasteiger partial charge in [-0.25, -0.2) is 4.98 Å². The summed E-state index contributed by atoms with van der Waals surface area (Å²) in [5, 5.41) is 9.95. The molecule has 1 N–H and O–H groups in total. The molecule has 0 aliphatic carbocycles. The molecule has 0 amide bonds. The summed E-state index contributed by atoms with van der Waals surface area (Å²) < 4.78 is 6.71. The van der Waals surface area contributed by atoms with Crippen LogP contribution in [-0.2, 0) is 4.79 Å². The molecule has 0 unspecified atom stereocenters. The van der Waals surface area contributed by atoms with Crippen molar-refractivity contribution in [3.8, 4) is 5.75 Å². The second kappa shape index (κ2) is 8.63. The molecule has 26 heavy (non-hydrogen) atoms. The number of rotatable bonds is 8. The standard InChI is InChI=1S/C21H21NO3S/c1-2-13-25-17-10-7-15(8-11-17)14-16(9-12-20(23)24)21-22-18-5-3-4-6-19(18)26-21/h3-8,10-11,14H,2,9,12-13H2,1H3,(H,23,24)/b16-14-. The topological polar surface area (TPSA) is 59.4 Å². The predicted molar refractivity (Wildman–Crippen MR) is 107 cm³/mol. The average Bonchev–Trinajstić information content (AvgIpc) is 3.08. The van der Waals surface area contributed by atoms with Crippen LogP contribution in [0.5, 0.6) is 5.75 Å². The Morgan fingerprint density at radius 1 is 1.15 bits per heavy atom. The lowest BCUT2D eigenvalue weighted by atomic mass is 10.1. The van der Waals surface area contributed by atoms with Crippen LogP contribution in [0, 0.1) is 0 Å². The fourth-order valence-corrected chi connectivity index (χ4v) is 3.58. The highest BCUT2D eigenvalue weighted by Crippen LogP contribution is 2.31. The van der Waals surface area contributed by atoms with Gasteiger partial charge in [-0.2, -0.15) is 0 Å². The van der Waals surface area contributed by atoms with E-state index in [1.165, 1.54) is 0 Å². The molecule has 0 saturated heterocycles. The number of carbonyl (C=O) groups is 1. The Morgan fingerprint density at radius 3 is 2.62 bits per heavy atom. The first-order chi connectivity index (χ1) is 12.7. The van der Waals surface area contributed by atoms with Crippen LogP contribution in [0.4, 0.5) is 0 Å². The minimum Gasteiger partial charge on any atom is -0.494 e. The van der Waals surface area contributed by atoms with Gasteiger partial charge in [0.15, 0.2) is 0 Å². The van der Waals surface area contributed by atoms with Crippen molar-refractivity contribution in [2.24, 2.45) is 0 Å². The number of carboxylic acids is 1. The number of nitrogens with zero attached hydrogens (tertiary/aromatic N) is 1. The minimum absolute atomic E-state index is 0.0828. The molecule has 4 nitrogen and oxygen atoms in total. The van der Waals surface area contributed by atoms with Gasteiger partial charge >= 0.3 is 5.97 Å². The van der Waals surface area contributed by atoms with Crippen LogP contribution in [0.2, 0.25) is 0 Å². The number of para-hydroxylation sites is 1. The lowest BCUT2D eigenvalue weighted by Crippen LogP contribution is -1.96. The van der Waals surface area contributed by atoms with Crippen molar-refractivity contribution in [1.29, 1.82) is 0 Å². The summed E-state index contributed by atoms with van der Waals surface area (Å²) in [5.74, 6) is 0.0383. The van der Waals surface area contributed by atoms with Crippen LogP contribution in [0.25, 0.3) is 21.9 Å². The fourth-order valence-electron chi connectivity index (χ4n) is 2.57. The van der Waals surface area contributed by atoms with E-state index in [2.05, 4.69) is 11.9 Å². The third-order valence-electron chi connectivity index (χ3n) is 3.87. The Balaban J connectivity index is 1.89. The first-order valence-electron chi connectivity index (χ1n) is 8.67. The van der Waals surface area contributed by atoms with E-state index in [9.17, 15) is 4.79 Å². The summed E-state index contributed by atoms with van der Waals surface area (Å²) in [6.07, 6.45) is 3.52. The summed E-state index contributed by atoms with van der Waals surface area (Å²) in [6, 6.07) is 15.8. The quantitative estimate of drug-likeness (QED) is 0.572. The van der Waals surface area contributed by atoms with E-state index < -0.39 is 5.97 Å². The van der Waals surface area contributed by atoms with Gasteiger partial charge in [-0.15, -0.1) is 11.3 Å². The van der Waals surface area contributed by atoms with E-state index in [1.54, 1.807) is 11.3 Å². The number of benzene rings is 2. The Kier molecular flexibility index (Phi) is 6.02. The highest BCUT2D eigenvalue weighted by Gasteiger charge is 2.11. The third-order valence-corrected chi connectivity index (χ3v) is 4.98. The summed E-state index contributed by atoms with van der Waals surface area (Å²) in [6.45, 7) is 2.77. The van der Waals surface area contributed by atoms with Crippen molar-refractivity contribution < 1.29 is 14.6 Å². The number of carboxylic acid groups (broad SMARTS) is 1. The second-order valence-corrected chi connectivity index (χ2v) is 7.00. The summed E-state index contributed by atoms with van der Waals surface area (Å²) in [7, 11) is 0. The molecule has 2 aromatic carbocycles. The monoisotopic (exact) mass is 367 g/mol. The normalized spacial score (nSPS) is 11.7. The minimum atomic E-state index is -0.805. The van der Waals surface area contributed by atoms with E-state index in [-0.39, 0.29) is 6.42 Å². The van der Waals surface area contributed by atoms with Gasteiger partial charge < -0.3 is 9.84 Å². The lowest BCUT2D eigenvalue weighted by molar-refractivity contribution is -0.136. The Labute approximate surface area is 156 Å². The number of hydrogen-bond donors (Lipinski definition) is 1. The van der Waals surface area contributed by atoms with Gasteiger partial charge in [-0.05, 0) is 54.3 Å². The molecule has 1 aromatic heterocycles. The molecule has 0 aliphatic rings. The van der Waals surface area contributed by atoms with Gasteiger partial charge in [0.05, 0.1) is 16.8 Å². The SMILES string of the molecule is CCCOc1ccc(/C=C(/CCC(=O)O)c2nc3ccccc3s2)cc1. The van der Waals surface area contributed by atoms with Gasteiger partial charge in [-0.1, -0.05) is 31.2 Å². The van der Waals surface area contributed by atoms with E-state index >= 15 is 0 Å². The Bertz CT molecular complexity index is 879. The fraction of sp³-hybridized carbons (Fsp3) is 0.238. The van der Waals surface area contributed by atoms with Crippen LogP contribution < -0.4 is 4.74 Å². The third kappa shape index (κ3) is 4.70. The molecule has 1 heterocycles. The predicted octanol–water partition coefficient (Wildman–Crippen LogP) is 5.49. The van der Waals surface area contributed by atoms with Gasteiger partial charge in [0.2, 0.25) is 0 Å². The van der Waals surface area contributed by atoms with Crippen LogP contribution in [0.3, 0.4) is 0 Å². The molecule has 3 aromatic rings. The molecular formula is C21H21NO3S. The summed E-state index contributed by atoms with van der Waals surface area (Å²) in [5.41, 5.74) is 2.89. The van der Waals surface area contributed by atoms with E-state index in [0.29, 0.717) is 13.0 Å². The molecular weight excluding hydrogens is 346 g/mol. The zero-order chi connectivity index (χ0) is 18.4. The number of hydrogen-bond acceptors (Lipinski definition) is 4. The van der Waals surface area contributed by atoms with Gasteiger partial charge in [0.25, 0.3) is 0 Å². The molecule has 134 valence electrons. The maximum absolute atomic E-state index is 11.0. The van der Waals surface area contributed by atoms with Crippen molar-refractivity contribution in [2.75, 3.05) is 6.61 Å². The molecule has 0 bridgehead atoms. The first kappa shape index (κ1) is 18.1. The number of aromatic nitrogens is 1. The van der Waals surface area contributed by atoms with Gasteiger partial charge in [0.1, 0.15) is 10.8 Å². The summed E-state index contributed by atoms with van der Waals surface area (Å²) >= 11 is 1.59. The van der Waals surface area contributed by atoms with Gasteiger partial charge in [0, 0.05) is 6.42 Å². The van der Waals surface area contributed by atoms with E-state index in [1.807, 2.05) is 54.6 Å². The van der Waals surface area contributed by atoms with E-state index in [4.69, 9.17) is 9.84 Å². The number of allylic oxidation sites excluding steroid dienone is 1. The molecule has 0 atom stereocenters. The zero-order valence-electron chi connectivity index (χ0n) is 14.6. The highest BCUT2D eigenvalue weighted by molar-refractivity contribution is 7.19. The van der Waals surface area contributed by atoms with Gasteiger partial charge in [-0.3, -0.25) is 4.79 Å². The smallest absolute Gasteiger partial charge is 0.303 e. The van der Waals surface area contributed by atoms with Crippen molar-refractivity contribution >= 4 is 39.2 Å². The number of ether oxygens (including phenoxy) is 1. The number of aliphatic carboxylic acids is 1. The van der Waals surface area contributed by atoms with Crippen molar-refractivity contribution in [2.45, 2.75) is 26.2 Å². The molecule has 0 radical (unpaired) electrons. The Hall–Kier alpha value is -2.66. The molecule has 0 saturated carbocycles.